The summed E-state index contributed by atoms with van der Waals surface area (Å²) < 4.78 is 5.47. The number of likely N-dealkylation sites (tertiary alicyclic amines) is 1. The topological polar surface area (TPSA) is 24.5 Å². The molecule has 2 unspecified atom stereocenters. The van der Waals surface area contributed by atoms with E-state index < -0.39 is 0 Å². The Morgan fingerprint density at radius 3 is 2.71 bits per heavy atom. The average molecular weight is 198 g/mol. The Hall–Kier alpha value is -0.120. The van der Waals surface area contributed by atoms with Gasteiger partial charge < -0.3 is 10.1 Å². The van der Waals surface area contributed by atoms with Gasteiger partial charge in [-0.05, 0) is 33.2 Å². The Labute approximate surface area is 86.8 Å². The van der Waals surface area contributed by atoms with E-state index in [1.54, 1.807) is 0 Å². The van der Waals surface area contributed by atoms with Crippen molar-refractivity contribution < 1.29 is 4.74 Å². The van der Waals surface area contributed by atoms with Crippen LogP contribution in [0.3, 0.4) is 0 Å². The van der Waals surface area contributed by atoms with Crippen molar-refractivity contribution in [3.63, 3.8) is 0 Å². The van der Waals surface area contributed by atoms with Gasteiger partial charge in [-0.3, -0.25) is 4.90 Å². The summed E-state index contributed by atoms with van der Waals surface area (Å²) in [5.74, 6) is 0. The van der Waals surface area contributed by atoms with Gasteiger partial charge >= 0.3 is 0 Å². The maximum Gasteiger partial charge on any atom is 0.0903 e. The molecule has 0 saturated carbocycles. The summed E-state index contributed by atoms with van der Waals surface area (Å²) in [5.41, 5.74) is 0.122. The lowest BCUT2D eigenvalue weighted by Crippen LogP contribution is -2.67. The van der Waals surface area contributed by atoms with Crippen molar-refractivity contribution in [2.24, 2.45) is 0 Å². The highest BCUT2D eigenvalue weighted by Crippen LogP contribution is 2.29. The fourth-order valence-electron chi connectivity index (χ4n) is 2.70. The maximum atomic E-state index is 5.47. The molecule has 2 fully saturated rings. The molecule has 0 radical (unpaired) electrons. The van der Waals surface area contributed by atoms with Gasteiger partial charge in [0.25, 0.3) is 0 Å². The standard InChI is InChI=1S/C11H22N2O/c1-9-10(5-4-6-12-9)13-7-11(2,8-13)14-3/h9-10,12H,4-8H2,1-3H3. The Balaban J connectivity index is 1.86. The maximum absolute atomic E-state index is 5.47. The number of ether oxygens (including phenoxy) is 1. The van der Waals surface area contributed by atoms with E-state index in [0.717, 1.165) is 19.1 Å². The first-order chi connectivity index (χ1) is 6.64. The number of hydrogen-bond acceptors (Lipinski definition) is 3. The number of methoxy groups -OCH3 is 1. The second kappa shape index (κ2) is 3.80. The third-order valence-electron chi connectivity index (χ3n) is 3.76. The molecule has 0 aromatic heterocycles. The van der Waals surface area contributed by atoms with Crippen LogP contribution in [-0.2, 0) is 4.74 Å². The minimum atomic E-state index is 0.122. The molecule has 0 aromatic carbocycles. The number of rotatable bonds is 2. The molecule has 3 heteroatoms. The van der Waals surface area contributed by atoms with E-state index in [0.29, 0.717) is 6.04 Å². The molecule has 1 N–H and O–H groups in total. The van der Waals surface area contributed by atoms with Gasteiger partial charge in [0, 0.05) is 32.3 Å². The van der Waals surface area contributed by atoms with Crippen LogP contribution in [0.5, 0.6) is 0 Å². The van der Waals surface area contributed by atoms with Gasteiger partial charge in [-0.1, -0.05) is 0 Å². The first kappa shape index (κ1) is 10.4. The summed E-state index contributed by atoms with van der Waals surface area (Å²) in [6.45, 7) is 7.88. The zero-order valence-corrected chi connectivity index (χ0v) is 9.55. The molecule has 3 nitrogen and oxygen atoms in total. The molecule has 14 heavy (non-hydrogen) atoms. The Bertz CT molecular complexity index is 201. The van der Waals surface area contributed by atoms with Crippen molar-refractivity contribution in [1.29, 1.82) is 0 Å². The van der Waals surface area contributed by atoms with Gasteiger partial charge in [0.05, 0.1) is 5.60 Å². The highest BCUT2D eigenvalue weighted by atomic mass is 16.5. The first-order valence-corrected chi connectivity index (χ1v) is 5.67. The smallest absolute Gasteiger partial charge is 0.0903 e. The normalized spacial score (nSPS) is 37.9. The summed E-state index contributed by atoms with van der Waals surface area (Å²) in [6, 6.07) is 1.37. The Kier molecular flexibility index (Phi) is 2.82. The third-order valence-corrected chi connectivity index (χ3v) is 3.76. The summed E-state index contributed by atoms with van der Waals surface area (Å²) in [5, 5.41) is 3.54. The van der Waals surface area contributed by atoms with Crippen LogP contribution in [-0.4, -0.2) is 49.3 Å². The molecule has 0 bridgehead atoms. The minimum Gasteiger partial charge on any atom is -0.376 e. The van der Waals surface area contributed by atoms with Crippen LogP contribution < -0.4 is 5.32 Å². The van der Waals surface area contributed by atoms with Crippen LogP contribution in [0.4, 0.5) is 0 Å². The third kappa shape index (κ3) is 1.81. The monoisotopic (exact) mass is 198 g/mol. The summed E-state index contributed by atoms with van der Waals surface area (Å²) >= 11 is 0. The molecule has 2 aliphatic heterocycles. The summed E-state index contributed by atoms with van der Waals surface area (Å²) in [7, 11) is 1.82. The van der Waals surface area contributed by atoms with E-state index in [4.69, 9.17) is 4.74 Å². The molecule has 0 aliphatic carbocycles. The van der Waals surface area contributed by atoms with Crippen molar-refractivity contribution in [2.45, 2.75) is 44.4 Å². The second-order valence-electron chi connectivity index (χ2n) is 5.01. The zero-order chi connectivity index (χ0) is 10.2. The lowest BCUT2D eigenvalue weighted by atomic mass is 9.89. The molecule has 82 valence electrons. The number of hydrogen-bond donors (Lipinski definition) is 1. The SMILES string of the molecule is COC1(C)CN(C2CCCNC2C)C1. The largest absolute Gasteiger partial charge is 0.376 e. The molecule has 2 saturated heterocycles. The van der Waals surface area contributed by atoms with Crippen LogP contribution >= 0.6 is 0 Å². The van der Waals surface area contributed by atoms with Crippen LogP contribution in [0.1, 0.15) is 26.7 Å². The minimum absolute atomic E-state index is 0.122. The fraction of sp³-hybridized carbons (Fsp3) is 1.00. The van der Waals surface area contributed by atoms with E-state index in [-0.39, 0.29) is 5.60 Å². The Morgan fingerprint density at radius 1 is 1.43 bits per heavy atom. The molecule has 2 rings (SSSR count). The van der Waals surface area contributed by atoms with E-state index in [9.17, 15) is 0 Å². The van der Waals surface area contributed by atoms with Gasteiger partial charge in [0.2, 0.25) is 0 Å². The summed E-state index contributed by atoms with van der Waals surface area (Å²) in [4.78, 5) is 2.56. The molecule has 0 amide bonds. The van der Waals surface area contributed by atoms with Crippen molar-refractivity contribution in [3.05, 3.63) is 0 Å². The van der Waals surface area contributed by atoms with Crippen LogP contribution in [0, 0.1) is 0 Å². The molecular formula is C11H22N2O. The molecular weight excluding hydrogens is 176 g/mol. The van der Waals surface area contributed by atoms with Gasteiger partial charge in [-0.25, -0.2) is 0 Å². The van der Waals surface area contributed by atoms with E-state index in [1.165, 1.54) is 19.4 Å². The highest BCUT2D eigenvalue weighted by molar-refractivity contribution is 4.99. The van der Waals surface area contributed by atoms with Gasteiger partial charge in [-0.15, -0.1) is 0 Å². The number of nitrogens with zero attached hydrogens (tertiary/aromatic N) is 1. The zero-order valence-electron chi connectivity index (χ0n) is 9.55. The second-order valence-corrected chi connectivity index (χ2v) is 5.01. The predicted octanol–water partition coefficient (Wildman–Crippen LogP) is 0.848. The van der Waals surface area contributed by atoms with Crippen LogP contribution in [0.25, 0.3) is 0 Å². The fourth-order valence-corrected chi connectivity index (χ4v) is 2.70. The quantitative estimate of drug-likeness (QED) is 0.712. The van der Waals surface area contributed by atoms with Crippen molar-refractivity contribution in [1.82, 2.24) is 10.2 Å². The number of piperidine rings is 1. The van der Waals surface area contributed by atoms with Crippen LogP contribution in [0.15, 0.2) is 0 Å². The lowest BCUT2D eigenvalue weighted by Gasteiger charge is -2.53. The lowest BCUT2D eigenvalue weighted by molar-refractivity contribution is -0.132. The average Bonchev–Trinajstić information content (AvgIpc) is 2.14. The van der Waals surface area contributed by atoms with E-state index in [2.05, 4.69) is 24.1 Å². The van der Waals surface area contributed by atoms with Crippen LogP contribution in [0.2, 0.25) is 0 Å². The van der Waals surface area contributed by atoms with E-state index in [1.807, 2.05) is 7.11 Å². The van der Waals surface area contributed by atoms with Crippen molar-refractivity contribution >= 4 is 0 Å². The van der Waals surface area contributed by atoms with Crippen molar-refractivity contribution in [2.75, 3.05) is 26.7 Å². The predicted molar refractivity (Wildman–Crippen MR) is 57.5 cm³/mol. The Morgan fingerprint density at radius 2 is 2.14 bits per heavy atom. The summed E-state index contributed by atoms with van der Waals surface area (Å²) in [6.07, 6.45) is 2.66. The van der Waals surface area contributed by atoms with Gasteiger partial charge in [-0.2, -0.15) is 0 Å². The molecule has 0 spiro atoms. The van der Waals surface area contributed by atoms with Gasteiger partial charge in [0.15, 0.2) is 0 Å². The number of nitrogens with one attached hydrogen (secondary N) is 1. The molecule has 2 atom stereocenters. The first-order valence-electron chi connectivity index (χ1n) is 5.67. The molecule has 2 aliphatic rings. The highest BCUT2D eigenvalue weighted by Gasteiger charge is 2.43. The van der Waals surface area contributed by atoms with E-state index >= 15 is 0 Å². The van der Waals surface area contributed by atoms with Crippen molar-refractivity contribution in [3.8, 4) is 0 Å². The molecule has 0 aromatic rings. The van der Waals surface area contributed by atoms with Gasteiger partial charge in [0.1, 0.15) is 0 Å². The molecule has 2 heterocycles.